The number of carbonyl (C=O) groups is 1. The number of nitrogens with one attached hydrogen (secondary N) is 2. The number of amides is 1. The summed E-state index contributed by atoms with van der Waals surface area (Å²) in [6.07, 6.45) is 4.53. The first-order valence-corrected chi connectivity index (χ1v) is 7.39. The highest BCUT2D eigenvalue weighted by molar-refractivity contribution is 5.81. The van der Waals surface area contributed by atoms with E-state index >= 15 is 0 Å². The summed E-state index contributed by atoms with van der Waals surface area (Å²) in [6, 6.07) is 6.45. The Hall–Kier alpha value is -1.42. The minimum absolute atomic E-state index is 0.0000827. The molecule has 4 heteroatoms. The number of rotatable bonds is 5. The molecule has 0 heterocycles. The van der Waals surface area contributed by atoms with Gasteiger partial charge in [0.15, 0.2) is 0 Å². The van der Waals surface area contributed by atoms with Crippen LogP contribution in [0.25, 0.3) is 0 Å². The lowest BCUT2D eigenvalue weighted by molar-refractivity contribution is -0.123. The molecule has 20 heavy (non-hydrogen) atoms. The number of hydrogen-bond acceptors (Lipinski definition) is 2. The van der Waals surface area contributed by atoms with Gasteiger partial charge < -0.3 is 5.32 Å². The zero-order valence-corrected chi connectivity index (χ0v) is 12.2. The second-order valence-corrected chi connectivity index (χ2v) is 5.62. The molecule has 2 rings (SSSR count). The minimum atomic E-state index is -0.329. The van der Waals surface area contributed by atoms with E-state index in [4.69, 9.17) is 0 Å². The molecule has 1 amide bonds. The van der Waals surface area contributed by atoms with Gasteiger partial charge in [-0.15, -0.1) is 0 Å². The Morgan fingerprint density at radius 3 is 2.55 bits per heavy atom. The molecule has 0 bridgehead atoms. The van der Waals surface area contributed by atoms with Crippen molar-refractivity contribution in [3.8, 4) is 0 Å². The molecular formula is C16H23FN2O. The Morgan fingerprint density at radius 1 is 1.25 bits per heavy atom. The van der Waals surface area contributed by atoms with Gasteiger partial charge in [-0.2, -0.15) is 0 Å². The molecule has 3 nitrogen and oxygen atoms in total. The van der Waals surface area contributed by atoms with Crippen LogP contribution in [0.2, 0.25) is 0 Å². The molecule has 110 valence electrons. The highest BCUT2D eigenvalue weighted by Crippen LogP contribution is 2.19. The molecule has 2 atom stereocenters. The maximum Gasteiger partial charge on any atom is 0.237 e. The molecule has 0 spiro atoms. The fourth-order valence-corrected chi connectivity index (χ4v) is 2.76. The van der Waals surface area contributed by atoms with Crippen molar-refractivity contribution in [2.45, 2.75) is 57.7 Å². The van der Waals surface area contributed by atoms with Crippen molar-refractivity contribution in [3.05, 3.63) is 35.6 Å². The predicted octanol–water partition coefficient (Wildman–Crippen LogP) is 2.92. The monoisotopic (exact) mass is 278 g/mol. The number of benzene rings is 1. The van der Waals surface area contributed by atoms with Gasteiger partial charge in [0.25, 0.3) is 0 Å². The van der Waals surface area contributed by atoms with Gasteiger partial charge in [0.05, 0.1) is 6.04 Å². The van der Waals surface area contributed by atoms with Gasteiger partial charge in [-0.05, 0) is 32.8 Å². The molecule has 1 aliphatic rings. The van der Waals surface area contributed by atoms with Crippen LogP contribution in [-0.2, 0) is 4.79 Å². The molecule has 1 aromatic rings. The van der Waals surface area contributed by atoms with Crippen molar-refractivity contribution in [1.82, 2.24) is 10.6 Å². The number of halogens is 1. The first kappa shape index (κ1) is 15.0. The van der Waals surface area contributed by atoms with Gasteiger partial charge in [0.1, 0.15) is 5.82 Å². The van der Waals surface area contributed by atoms with E-state index in [1.54, 1.807) is 18.2 Å². The molecule has 0 aromatic heterocycles. The number of hydrogen-bond donors (Lipinski definition) is 2. The van der Waals surface area contributed by atoms with E-state index in [1.165, 1.54) is 18.9 Å². The summed E-state index contributed by atoms with van der Waals surface area (Å²) in [4.78, 5) is 12.1. The molecule has 2 N–H and O–H groups in total. The van der Waals surface area contributed by atoms with Crippen LogP contribution < -0.4 is 10.6 Å². The zero-order valence-electron chi connectivity index (χ0n) is 12.2. The van der Waals surface area contributed by atoms with Gasteiger partial charge in [-0.1, -0.05) is 31.0 Å². The van der Waals surface area contributed by atoms with Crippen LogP contribution in [0.4, 0.5) is 4.39 Å². The SMILES string of the molecule is CC(N[C@H](C)c1ccccc1F)C(=O)NC1CCCC1. The predicted molar refractivity (Wildman–Crippen MR) is 77.8 cm³/mol. The van der Waals surface area contributed by atoms with E-state index in [0.29, 0.717) is 11.6 Å². The van der Waals surface area contributed by atoms with Crippen LogP contribution in [-0.4, -0.2) is 18.0 Å². The minimum Gasteiger partial charge on any atom is -0.352 e. The lowest BCUT2D eigenvalue weighted by Gasteiger charge is -2.22. The largest absolute Gasteiger partial charge is 0.352 e. The first-order chi connectivity index (χ1) is 9.58. The molecule has 1 fully saturated rings. The molecule has 0 aliphatic heterocycles. The van der Waals surface area contributed by atoms with Crippen LogP contribution in [0, 0.1) is 5.82 Å². The van der Waals surface area contributed by atoms with Crippen molar-refractivity contribution in [2.24, 2.45) is 0 Å². The standard InChI is InChI=1S/C16H23FN2O/c1-11(14-9-5-6-10-15(14)17)18-12(2)16(20)19-13-7-3-4-8-13/h5-6,9-13,18H,3-4,7-8H2,1-2H3,(H,19,20)/t11-,12?/m1/s1. The highest BCUT2D eigenvalue weighted by Gasteiger charge is 2.22. The maximum absolute atomic E-state index is 13.7. The Bertz CT molecular complexity index is 458. The van der Waals surface area contributed by atoms with Gasteiger partial charge in [-0.25, -0.2) is 4.39 Å². The summed E-state index contributed by atoms with van der Waals surface area (Å²) in [5.41, 5.74) is 0.591. The second kappa shape index (κ2) is 6.84. The topological polar surface area (TPSA) is 41.1 Å². The summed E-state index contributed by atoms with van der Waals surface area (Å²) in [5.74, 6) is -0.240. The van der Waals surface area contributed by atoms with E-state index in [2.05, 4.69) is 10.6 Å². The zero-order chi connectivity index (χ0) is 14.5. The summed E-state index contributed by atoms with van der Waals surface area (Å²) in [5, 5.41) is 6.21. The first-order valence-electron chi connectivity index (χ1n) is 7.39. The second-order valence-electron chi connectivity index (χ2n) is 5.62. The third-order valence-corrected chi connectivity index (χ3v) is 3.97. The van der Waals surface area contributed by atoms with Crippen molar-refractivity contribution in [2.75, 3.05) is 0 Å². The Morgan fingerprint density at radius 2 is 1.90 bits per heavy atom. The van der Waals surface area contributed by atoms with Crippen LogP contribution in [0.5, 0.6) is 0 Å². The Balaban J connectivity index is 1.88. The molecule has 1 aliphatic carbocycles. The quantitative estimate of drug-likeness (QED) is 0.869. The van der Waals surface area contributed by atoms with Crippen molar-refractivity contribution >= 4 is 5.91 Å². The third kappa shape index (κ3) is 3.79. The summed E-state index contributed by atoms with van der Waals surface area (Å²) in [7, 11) is 0. The normalized spacial score (nSPS) is 18.8. The summed E-state index contributed by atoms with van der Waals surface area (Å²) < 4.78 is 13.7. The molecule has 1 saturated carbocycles. The number of carbonyl (C=O) groups excluding carboxylic acids is 1. The third-order valence-electron chi connectivity index (χ3n) is 3.97. The fourth-order valence-electron chi connectivity index (χ4n) is 2.76. The van der Waals surface area contributed by atoms with Gasteiger partial charge in [-0.3, -0.25) is 10.1 Å². The van der Waals surface area contributed by atoms with E-state index in [9.17, 15) is 9.18 Å². The lowest BCUT2D eigenvalue weighted by Crippen LogP contribution is -2.46. The molecule has 1 aromatic carbocycles. The summed E-state index contributed by atoms with van der Waals surface area (Å²) >= 11 is 0. The van der Waals surface area contributed by atoms with Crippen LogP contribution in [0.1, 0.15) is 51.1 Å². The average molecular weight is 278 g/mol. The van der Waals surface area contributed by atoms with Crippen LogP contribution >= 0.6 is 0 Å². The maximum atomic E-state index is 13.7. The lowest BCUT2D eigenvalue weighted by atomic mass is 10.1. The van der Waals surface area contributed by atoms with Crippen LogP contribution in [0.15, 0.2) is 24.3 Å². The van der Waals surface area contributed by atoms with Crippen molar-refractivity contribution < 1.29 is 9.18 Å². The average Bonchev–Trinajstić information content (AvgIpc) is 2.91. The van der Waals surface area contributed by atoms with Crippen molar-refractivity contribution in [3.63, 3.8) is 0 Å². The molecule has 0 radical (unpaired) electrons. The molecular weight excluding hydrogens is 255 g/mol. The Labute approximate surface area is 120 Å². The highest BCUT2D eigenvalue weighted by atomic mass is 19.1. The summed E-state index contributed by atoms with van der Waals surface area (Å²) in [6.45, 7) is 3.69. The smallest absolute Gasteiger partial charge is 0.237 e. The van der Waals surface area contributed by atoms with E-state index in [-0.39, 0.29) is 23.8 Å². The fraction of sp³-hybridized carbons (Fsp3) is 0.562. The van der Waals surface area contributed by atoms with E-state index in [1.807, 2.05) is 13.8 Å². The van der Waals surface area contributed by atoms with Crippen molar-refractivity contribution in [1.29, 1.82) is 0 Å². The van der Waals surface area contributed by atoms with Gasteiger partial charge in [0, 0.05) is 17.6 Å². The van der Waals surface area contributed by atoms with Gasteiger partial charge in [0.2, 0.25) is 5.91 Å². The van der Waals surface area contributed by atoms with E-state index < -0.39 is 0 Å². The molecule has 0 saturated heterocycles. The van der Waals surface area contributed by atoms with Gasteiger partial charge >= 0.3 is 0 Å². The van der Waals surface area contributed by atoms with E-state index in [0.717, 1.165) is 12.8 Å². The molecule has 1 unspecified atom stereocenters. The van der Waals surface area contributed by atoms with Crippen LogP contribution in [0.3, 0.4) is 0 Å². The Kier molecular flexibility index (Phi) is 5.12.